The first-order chi connectivity index (χ1) is 11.1. The van der Waals surface area contributed by atoms with Crippen molar-refractivity contribution in [2.75, 3.05) is 13.3 Å². The molecule has 4 nitrogen and oxygen atoms in total. The molecule has 0 N–H and O–H groups in total. The van der Waals surface area contributed by atoms with Crippen LogP contribution >= 0.6 is 0 Å². The van der Waals surface area contributed by atoms with Crippen LogP contribution in [0.15, 0.2) is 20.0 Å². The van der Waals surface area contributed by atoms with Crippen molar-refractivity contribution in [2.45, 2.75) is 34.1 Å². The Morgan fingerprint density at radius 2 is 1.23 bits per heavy atom. The second-order valence-electron chi connectivity index (χ2n) is 6.19. The van der Waals surface area contributed by atoms with Crippen LogP contribution in [0.3, 0.4) is 0 Å². The minimum atomic E-state index is 0. The molecule has 4 rings (SSSR count). The van der Waals surface area contributed by atoms with Crippen LogP contribution in [0, 0.1) is 39.8 Å². The number of aryl methyl sites for hydroxylation is 3. The summed E-state index contributed by atoms with van der Waals surface area (Å²) >= 11 is 0. The number of fused-ring (bicyclic) bond motifs is 2. The van der Waals surface area contributed by atoms with Crippen LogP contribution in [-0.4, -0.2) is 13.3 Å². The molecule has 2 aliphatic heterocycles. The molecule has 2 aromatic carbocycles. The fourth-order valence-corrected chi connectivity index (χ4v) is 3.39. The summed E-state index contributed by atoms with van der Waals surface area (Å²) < 4.78 is 0. The molecule has 2 aliphatic rings. The molecule has 0 fully saturated rings. The van der Waals surface area contributed by atoms with Gasteiger partial charge in [-0.1, -0.05) is 34.1 Å². The van der Waals surface area contributed by atoms with E-state index in [1.54, 1.807) is 0 Å². The molecule has 0 spiro atoms. The van der Waals surface area contributed by atoms with Crippen LogP contribution in [-0.2, 0) is 105 Å². The molecular weight excluding hydrogens is 551 g/mol. The molecular formula is C19H18N4Y3-2. The molecule has 2 aromatic rings. The molecule has 3 radical (unpaired) electrons. The maximum Gasteiger partial charge on any atom is 0.115 e. The van der Waals surface area contributed by atoms with Gasteiger partial charge in [-0.3, -0.25) is 9.98 Å². The van der Waals surface area contributed by atoms with Gasteiger partial charge in [0.25, 0.3) is 0 Å². The van der Waals surface area contributed by atoms with E-state index in [4.69, 9.17) is 0 Å². The van der Waals surface area contributed by atoms with Crippen LogP contribution in [0.25, 0.3) is 0 Å². The number of benzene rings is 2. The van der Waals surface area contributed by atoms with Crippen molar-refractivity contribution in [3.8, 4) is 0 Å². The summed E-state index contributed by atoms with van der Waals surface area (Å²) in [6.45, 7) is 9.38. The fraction of sp³-hybridized carbons (Fsp3) is 0.368. The molecule has 0 unspecified atom stereocenters. The second-order valence-corrected chi connectivity index (χ2v) is 6.19. The van der Waals surface area contributed by atoms with Crippen molar-refractivity contribution in [1.29, 1.82) is 0 Å². The Balaban J connectivity index is 0.00000113. The zero-order valence-electron chi connectivity index (χ0n) is 15.6. The molecule has 2 heterocycles. The normalized spacial score (nSPS) is 12.8. The van der Waals surface area contributed by atoms with Crippen LogP contribution < -0.4 is 21.4 Å². The maximum atomic E-state index is 4.60. The van der Waals surface area contributed by atoms with Gasteiger partial charge in [-0.05, 0) is 21.4 Å². The first-order valence-electron chi connectivity index (χ1n) is 7.87. The van der Waals surface area contributed by atoms with Gasteiger partial charge in [0.1, 0.15) is 13.3 Å². The van der Waals surface area contributed by atoms with Crippen molar-refractivity contribution < 1.29 is 98.1 Å². The summed E-state index contributed by atoms with van der Waals surface area (Å²) in [6.07, 6.45) is 0.756. The molecule has 0 saturated carbocycles. The van der Waals surface area contributed by atoms with Gasteiger partial charge in [-0.25, -0.2) is 0 Å². The zero-order valence-corrected chi connectivity index (χ0v) is 24.2. The topological polar surface area (TPSA) is 49.4 Å². The van der Waals surface area contributed by atoms with E-state index in [0.29, 0.717) is 13.3 Å². The average molecular weight is 569 g/mol. The minimum Gasteiger partial charge on any atom is -0.325 e. The number of nitrogens with zero attached hydrogens (tertiary/aromatic N) is 4. The summed E-state index contributed by atoms with van der Waals surface area (Å²) in [5.74, 6) is 0. The van der Waals surface area contributed by atoms with Crippen LogP contribution in [0.5, 0.6) is 0 Å². The van der Waals surface area contributed by atoms with Gasteiger partial charge in [0.2, 0.25) is 0 Å². The summed E-state index contributed by atoms with van der Waals surface area (Å²) in [4.78, 5) is 18.2. The third kappa shape index (κ3) is 4.41. The Labute approximate surface area is 229 Å². The van der Waals surface area contributed by atoms with E-state index in [2.05, 4.69) is 52.9 Å². The molecule has 0 bridgehead atoms. The number of hydrogen-bond donors (Lipinski definition) is 0. The Hall–Kier alpha value is 0.952. The Bertz CT molecular complexity index is 1090. The summed E-state index contributed by atoms with van der Waals surface area (Å²) in [5.41, 5.74) is 6.84. The predicted molar refractivity (Wildman–Crippen MR) is 86.7 cm³/mol. The standard InChI is InChI=1S/C19H18N4.3Y/c1-10-6-14(18-17(13(10)4)21-9-22-18)7-15-11(2)5-12(3)16-19(15)23-8-20-16;;;/h7-9H2,1-4H3;;;/q-2;;;. The van der Waals surface area contributed by atoms with Crippen molar-refractivity contribution in [3.63, 3.8) is 0 Å². The van der Waals surface area contributed by atoms with Crippen molar-refractivity contribution in [1.82, 2.24) is 0 Å². The Morgan fingerprint density at radius 1 is 0.654 bits per heavy atom. The van der Waals surface area contributed by atoms with Gasteiger partial charge >= 0.3 is 0 Å². The van der Waals surface area contributed by atoms with E-state index in [9.17, 15) is 0 Å². The van der Waals surface area contributed by atoms with Gasteiger partial charge in [0.05, 0.1) is 0 Å². The molecule has 125 valence electrons. The van der Waals surface area contributed by atoms with Crippen molar-refractivity contribution in [2.24, 2.45) is 20.0 Å². The van der Waals surface area contributed by atoms with Gasteiger partial charge < -0.3 is 9.98 Å². The van der Waals surface area contributed by atoms with Gasteiger partial charge in [-0.2, -0.15) is 23.3 Å². The summed E-state index contributed by atoms with van der Waals surface area (Å²) in [6, 6.07) is 6.95. The van der Waals surface area contributed by atoms with Crippen molar-refractivity contribution >= 4 is 0 Å². The van der Waals surface area contributed by atoms with Crippen LogP contribution in [0.1, 0.15) is 33.4 Å². The number of hydrogen-bond acceptors (Lipinski definition) is 4. The Kier molecular flexibility index (Phi) is 9.73. The molecule has 0 aromatic heterocycles. The molecule has 7 heteroatoms. The predicted octanol–water partition coefficient (Wildman–Crippen LogP) is 0.525. The van der Waals surface area contributed by atoms with Gasteiger partial charge in [-0.15, -0.1) is 22.3 Å². The zero-order chi connectivity index (χ0) is 16.1. The van der Waals surface area contributed by atoms with E-state index in [0.717, 1.165) is 50.1 Å². The second kappa shape index (κ2) is 10.1. The van der Waals surface area contributed by atoms with E-state index < -0.39 is 0 Å². The van der Waals surface area contributed by atoms with Gasteiger partial charge in [0.15, 0.2) is 0 Å². The smallest absolute Gasteiger partial charge is 0.115 e. The van der Waals surface area contributed by atoms with E-state index in [1.165, 1.54) is 11.1 Å². The average Bonchev–Trinajstić information content (AvgIpc) is 3.17. The first-order valence-corrected chi connectivity index (χ1v) is 7.87. The summed E-state index contributed by atoms with van der Waals surface area (Å²) in [7, 11) is 0. The van der Waals surface area contributed by atoms with Crippen LogP contribution in [0.4, 0.5) is 0 Å². The maximum absolute atomic E-state index is 4.60. The largest absolute Gasteiger partial charge is 0.325 e. The molecule has 0 atom stereocenters. The summed E-state index contributed by atoms with van der Waals surface area (Å²) in [5, 5.41) is 4.04. The fourth-order valence-electron chi connectivity index (χ4n) is 3.39. The third-order valence-electron chi connectivity index (χ3n) is 4.73. The Morgan fingerprint density at radius 3 is 1.92 bits per heavy atom. The molecule has 0 aliphatic carbocycles. The monoisotopic (exact) mass is 569 g/mol. The molecule has 26 heavy (non-hydrogen) atoms. The van der Waals surface area contributed by atoms with E-state index >= 15 is 0 Å². The first kappa shape index (κ1) is 25.0. The number of rotatable bonds is 2. The van der Waals surface area contributed by atoms with E-state index in [-0.39, 0.29) is 98.1 Å². The van der Waals surface area contributed by atoms with E-state index in [1.807, 2.05) is 6.92 Å². The molecule has 0 saturated heterocycles. The molecule has 0 amide bonds. The van der Waals surface area contributed by atoms with Crippen molar-refractivity contribution in [3.05, 3.63) is 66.9 Å². The van der Waals surface area contributed by atoms with Gasteiger partial charge in [0, 0.05) is 98.1 Å². The third-order valence-corrected chi connectivity index (χ3v) is 4.73. The quantitative estimate of drug-likeness (QED) is 0.475. The van der Waals surface area contributed by atoms with Crippen LogP contribution in [0.2, 0.25) is 0 Å². The minimum absolute atomic E-state index is 0. The SMILES string of the molecule is Cc1[c-]c(Cc2c(C)[c-]c(C)c3c2=NCN=3)c2c(c1C)=NCN=2.[Y].[Y].[Y].